The van der Waals surface area contributed by atoms with Crippen LogP contribution in [0.25, 0.3) is 22.0 Å². The van der Waals surface area contributed by atoms with E-state index in [1.807, 2.05) is 24.3 Å². The first-order valence-corrected chi connectivity index (χ1v) is 7.39. The molecule has 0 saturated heterocycles. The van der Waals surface area contributed by atoms with Gasteiger partial charge in [-0.1, -0.05) is 69.3 Å². The summed E-state index contributed by atoms with van der Waals surface area (Å²) in [5, 5.41) is 11.2. The molecule has 0 aliphatic carbocycles. The summed E-state index contributed by atoms with van der Waals surface area (Å²) in [6.45, 7) is 6.62. The molecule has 0 bridgehead atoms. The SMILES string of the molecule is CC(C)(C)c1ccc(-c2ncc(C#N)c3ccccc23)cc1. The Morgan fingerprint density at radius 1 is 0.909 bits per heavy atom. The van der Waals surface area contributed by atoms with Gasteiger partial charge in [-0.05, 0) is 11.0 Å². The molecule has 3 rings (SSSR count). The van der Waals surface area contributed by atoms with E-state index in [1.54, 1.807) is 6.20 Å². The summed E-state index contributed by atoms with van der Waals surface area (Å²) in [4.78, 5) is 4.52. The quantitative estimate of drug-likeness (QED) is 0.626. The highest BCUT2D eigenvalue weighted by Gasteiger charge is 2.14. The van der Waals surface area contributed by atoms with Crippen LogP contribution in [0, 0.1) is 11.3 Å². The number of pyridine rings is 1. The van der Waals surface area contributed by atoms with Crippen LogP contribution in [0.1, 0.15) is 31.9 Å². The first-order valence-electron chi connectivity index (χ1n) is 7.39. The second kappa shape index (κ2) is 5.27. The molecule has 108 valence electrons. The van der Waals surface area contributed by atoms with Gasteiger partial charge in [0.05, 0.1) is 11.3 Å². The molecule has 0 aliphatic heterocycles. The van der Waals surface area contributed by atoms with Crippen molar-refractivity contribution in [2.45, 2.75) is 26.2 Å². The van der Waals surface area contributed by atoms with Gasteiger partial charge < -0.3 is 0 Å². The summed E-state index contributed by atoms with van der Waals surface area (Å²) in [6, 6.07) is 18.7. The van der Waals surface area contributed by atoms with E-state index in [0.29, 0.717) is 5.56 Å². The molecule has 3 aromatic rings. The van der Waals surface area contributed by atoms with Crippen LogP contribution in [0.4, 0.5) is 0 Å². The minimum absolute atomic E-state index is 0.138. The number of nitriles is 1. The summed E-state index contributed by atoms with van der Waals surface area (Å²) in [5.74, 6) is 0. The van der Waals surface area contributed by atoms with Gasteiger partial charge in [-0.3, -0.25) is 4.98 Å². The zero-order valence-electron chi connectivity index (χ0n) is 13.1. The Balaban J connectivity index is 2.17. The van der Waals surface area contributed by atoms with Crippen LogP contribution < -0.4 is 0 Å². The number of rotatable bonds is 1. The zero-order valence-corrected chi connectivity index (χ0v) is 13.1. The third-order valence-electron chi connectivity index (χ3n) is 3.94. The van der Waals surface area contributed by atoms with Gasteiger partial charge in [-0.15, -0.1) is 0 Å². The van der Waals surface area contributed by atoms with E-state index in [0.717, 1.165) is 22.0 Å². The molecule has 1 heterocycles. The third-order valence-corrected chi connectivity index (χ3v) is 3.94. The van der Waals surface area contributed by atoms with E-state index in [4.69, 9.17) is 0 Å². The molecular formula is C20H18N2. The van der Waals surface area contributed by atoms with Crippen molar-refractivity contribution in [2.24, 2.45) is 0 Å². The van der Waals surface area contributed by atoms with E-state index >= 15 is 0 Å². The van der Waals surface area contributed by atoms with Gasteiger partial charge in [0.15, 0.2) is 0 Å². The standard InChI is InChI=1S/C20H18N2/c1-20(2,3)16-10-8-14(9-11-16)19-18-7-5-4-6-17(18)15(12-21)13-22-19/h4-11,13H,1-3H3. The van der Waals surface area contributed by atoms with Crippen molar-refractivity contribution in [1.29, 1.82) is 5.26 Å². The number of hydrogen-bond donors (Lipinski definition) is 0. The Hall–Kier alpha value is -2.66. The van der Waals surface area contributed by atoms with Crippen LogP contribution >= 0.6 is 0 Å². The largest absolute Gasteiger partial charge is 0.254 e. The fourth-order valence-electron chi connectivity index (χ4n) is 2.64. The maximum atomic E-state index is 9.23. The molecule has 0 aliphatic rings. The molecule has 0 unspecified atom stereocenters. The monoisotopic (exact) mass is 286 g/mol. The highest BCUT2D eigenvalue weighted by Crippen LogP contribution is 2.30. The van der Waals surface area contributed by atoms with Gasteiger partial charge >= 0.3 is 0 Å². The first-order chi connectivity index (χ1) is 10.5. The third kappa shape index (κ3) is 2.46. The number of fused-ring (bicyclic) bond motifs is 1. The predicted molar refractivity (Wildman–Crippen MR) is 90.6 cm³/mol. The average molecular weight is 286 g/mol. The summed E-state index contributed by atoms with van der Waals surface area (Å²) >= 11 is 0. The van der Waals surface area contributed by atoms with Gasteiger partial charge in [0.25, 0.3) is 0 Å². The molecule has 0 N–H and O–H groups in total. The number of nitrogens with zero attached hydrogens (tertiary/aromatic N) is 2. The normalized spacial score (nSPS) is 11.4. The highest BCUT2D eigenvalue weighted by molar-refractivity contribution is 5.97. The summed E-state index contributed by atoms with van der Waals surface area (Å²) in [5.41, 5.74) is 4.06. The Morgan fingerprint density at radius 3 is 2.14 bits per heavy atom. The first kappa shape index (κ1) is 14.3. The minimum Gasteiger partial charge on any atom is -0.254 e. The molecule has 2 aromatic carbocycles. The van der Waals surface area contributed by atoms with Gasteiger partial charge in [0.2, 0.25) is 0 Å². The molecule has 1 aromatic heterocycles. The van der Waals surface area contributed by atoms with Crippen molar-refractivity contribution >= 4 is 10.8 Å². The molecular weight excluding hydrogens is 268 g/mol. The van der Waals surface area contributed by atoms with Crippen molar-refractivity contribution in [1.82, 2.24) is 4.98 Å². The Morgan fingerprint density at radius 2 is 1.55 bits per heavy atom. The Bertz CT molecular complexity index is 863. The maximum absolute atomic E-state index is 9.23. The molecule has 0 spiro atoms. The molecule has 0 radical (unpaired) electrons. The van der Waals surface area contributed by atoms with Crippen LogP contribution in [0.2, 0.25) is 0 Å². The average Bonchev–Trinajstić information content (AvgIpc) is 2.53. The molecule has 0 atom stereocenters. The molecule has 0 saturated carbocycles. The molecule has 2 nitrogen and oxygen atoms in total. The molecule has 2 heteroatoms. The topological polar surface area (TPSA) is 36.7 Å². The van der Waals surface area contributed by atoms with Gasteiger partial charge in [0.1, 0.15) is 6.07 Å². The minimum atomic E-state index is 0.138. The fraction of sp³-hybridized carbons (Fsp3) is 0.200. The lowest BCUT2D eigenvalue weighted by molar-refractivity contribution is 0.590. The van der Waals surface area contributed by atoms with Gasteiger partial charge in [-0.25, -0.2) is 0 Å². The lowest BCUT2D eigenvalue weighted by atomic mass is 9.86. The lowest BCUT2D eigenvalue weighted by Crippen LogP contribution is -2.10. The van der Waals surface area contributed by atoms with Crippen molar-refractivity contribution in [3.05, 3.63) is 65.9 Å². The number of benzene rings is 2. The van der Waals surface area contributed by atoms with Crippen molar-refractivity contribution in [2.75, 3.05) is 0 Å². The van der Waals surface area contributed by atoms with Crippen molar-refractivity contribution in [3.63, 3.8) is 0 Å². The Kier molecular flexibility index (Phi) is 3.42. The summed E-state index contributed by atoms with van der Waals surface area (Å²) in [6.07, 6.45) is 1.66. The van der Waals surface area contributed by atoms with Crippen LogP contribution in [-0.2, 0) is 5.41 Å². The lowest BCUT2D eigenvalue weighted by Gasteiger charge is -2.19. The van der Waals surface area contributed by atoms with Crippen LogP contribution in [0.5, 0.6) is 0 Å². The van der Waals surface area contributed by atoms with Crippen molar-refractivity contribution < 1.29 is 0 Å². The predicted octanol–water partition coefficient (Wildman–Crippen LogP) is 5.07. The van der Waals surface area contributed by atoms with E-state index in [2.05, 4.69) is 56.1 Å². The Labute approximate surface area is 131 Å². The second-order valence-electron chi connectivity index (χ2n) is 6.51. The van der Waals surface area contributed by atoms with E-state index in [-0.39, 0.29) is 5.41 Å². The van der Waals surface area contributed by atoms with Gasteiger partial charge in [-0.2, -0.15) is 5.26 Å². The van der Waals surface area contributed by atoms with E-state index in [9.17, 15) is 5.26 Å². The van der Waals surface area contributed by atoms with E-state index in [1.165, 1.54) is 5.56 Å². The number of aromatic nitrogens is 1. The molecule has 22 heavy (non-hydrogen) atoms. The number of hydrogen-bond acceptors (Lipinski definition) is 2. The van der Waals surface area contributed by atoms with Crippen LogP contribution in [0.15, 0.2) is 54.7 Å². The summed E-state index contributed by atoms with van der Waals surface area (Å²) in [7, 11) is 0. The molecule has 0 amide bonds. The maximum Gasteiger partial charge on any atom is 0.101 e. The van der Waals surface area contributed by atoms with Crippen LogP contribution in [0.3, 0.4) is 0 Å². The zero-order chi connectivity index (χ0) is 15.7. The second-order valence-corrected chi connectivity index (χ2v) is 6.51. The highest BCUT2D eigenvalue weighted by atomic mass is 14.7. The van der Waals surface area contributed by atoms with E-state index < -0.39 is 0 Å². The van der Waals surface area contributed by atoms with Crippen LogP contribution in [-0.4, -0.2) is 4.98 Å². The summed E-state index contributed by atoms with van der Waals surface area (Å²) < 4.78 is 0. The smallest absolute Gasteiger partial charge is 0.101 e. The molecule has 0 fully saturated rings. The fourth-order valence-corrected chi connectivity index (χ4v) is 2.64. The van der Waals surface area contributed by atoms with Crippen molar-refractivity contribution in [3.8, 4) is 17.3 Å². The van der Waals surface area contributed by atoms with Gasteiger partial charge in [0, 0.05) is 22.5 Å².